The van der Waals surface area contributed by atoms with Crippen LogP contribution < -0.4 is 9.62 Å². The fourth-order valence-electron chi connectivity index (χ4n) is 3.42. The van der Waals surface area contributed by atoms with Gasteiger partial charge in [-0.3, -0.25) is 9.52 Å². The van der Waals surface area contributed by atoms with Crippen LogP contribution in [0.25, 0.3) is 0 Å². The second-order valence-electron chi connectivity index (χ2n) is 7.09. The summed E-state index contributed by atoms with van der Waals surface area (Å²) in [5.74, 6) is 0.0797. The molecule has 0 atom stereocenters. The van der Waals surface area contributed by atoms with Crippen LogP contribution in [0.2, 0.25) is 0 Å². The first-order chi connectivity index (χ1) is 12.9. The Bertz CT molecular complexity index is 938. The molecule has 0 spiro atoms. The van der Waals surface area contributed by atoms with Crippen molar-refractivity contribution in [2.75, 3.05) is 16.2 Å². The Morgan fingerprint density at radius 1 is 1.11 bits per heavy atom. The minimum Gasteiger partial charge on any atom is -0.312 e. The number of hydrogen-bond acceptors (Lipinski definition) is 3. The van der Waals surface area contributed by atoms with Gasteiger partial charge in [0.2, 0.25) is 15.9 Å². The van der Waals surface area contributed by atoms with Gasteiger partial charge in [0.15, 0.2) is 0 Å². The molecular weight excluding hydrogens is 360 g/mol. The van der Waals surface area contributed by atoms with E-state index in [1.165, 1.54) is 0 Å². The number of aryl methyl sites for hydroxylation is 2. The standard InChI is InChI=1S/C21H26N2O3S/c1-3-4-12-23-20-10-9-19(14-18(20)8-11-21(23)24)22-27(25,26)15-17-7-5-6-16(2)13-17/h5-7,9-10,13-14,22H,3-4,8,11-12,15H2,1-2H3. The second-order valence-corrected chi connectivity index (χ2v) is 8.81. The molecule has 2 aromatic carbocycles. The van der Waals surface area contributed by atoms with Gasteiger partial charge in [0.1, 0.15) is 0 Å². The fourth-order valence-corrected chi connectivity index (χ4v) is 4.60. The van der Waals surface area contributed by atoms with Gasteiger partial charge in [-0.15, -0.1) is 0 Å². The number of rotatable bonds is 7. The molecule has 0 radical (unpaired) electrons. The smallest absolute Gasteiger partial charge is 0.236 e. The first-order valence-electron chi connectivity index (χ1n) is 9.37. The van der Waals surface area contributed by atoms with Crippen LogP contribution in [0.3, 0.4) is 0 Å². The molecule has 0 aromatic heterocycles. The van der Waals surface area contributed by atoms with Crippen molar-refractivity contribution < 1.29 is 13.2 Å². The molecule has 1 aliphatic rings. The highest BCUT2D eigenvalue weighted by Crippen LogP contribution is 2.31. The highest BCUT2D eigenvalue weighted by molar-refractivity contribution is 7.91. The van der Waals surface area contributed by atoms with Gasteiger partial charge in [-0.25, -0.2) is 8.42 Å². The summed E-state index contributed by atoms with van der Waals surface area (Å²) in [5.41, 5.74) is 4.26. The molecule has 1 amide bonds. The second kappa shape index (κ2) is 8.13. The maximum absolute atomic E-state index is 12.5. The molecule has 1 heterocycles. The molecule has 0 bridgehead atoms. The molecule has 0 saturated carbocycles. The molecule has 3 rings (SSSR count). The molecule has 144 valence electrons. The minimum absolute atomic E-state index is 0.0626. The molecule has 1 N–H and O–H groups in total. The first kappa shape index (κ1) is 19.4. The third-order valence-electron chi connectivity index (χ3n) is 4.73. The summed E-state index contributed by atoms with van der Waals surface area (Å²) in [6.07, 6.45) is 3.09. The molecule has 1 aliphatic heterocycles. The highest BCUT2D eigenvalue weighted by atomic mass is 32.2. The van der Waals surface area contributed by atoms with E-state index in [0.717, 1.165) is 35.2 Å². The van der Waals surface area contributed by atoms with Gasteiger partial charge in [-0.2, -0.15) is 0 Å². The summed E-state index contributed by atoms with van der Waals surface area (Å²) >= 11 is 0. The van der Waals surface area contributed by atoms with Crippen LogP contribution in [0, 0.1) is 6.92 Å². The molecule has 27 heavy (non-hydrogen) atoms. The largest absolute Gasteiger partial charge is 0.312 e. The van der Waals surface area contributed by atoms with E-state index < -0.39 is 10.0 Å². The average molecular weight is 387 g/mol. The van der Waals surface area contributed by atoms with Crippen LogP contribution in [-0.4, -0.2) is 20.9 Å². The SMILES string of the molecule is CCCCN1C(=O)CCc2cc(NS(=O)(=O)Cc3cccc(C)c3)ccc21. The zero-order valence-electron chi connectivity index (χ0n) is 15.9. The summed E-state index contributed by atoms with van der Waals surface area (Å²) in [6.45, 7) is 4.75. The molecule has 6 heteroatoms. The molecule has 0 aliphatic carbocycles. The Labute approximate surface area is 161 Å². The van der Waals surface area contributed by atoms with Gasteiger partial charge < -0.3 is 4.90 Å². The van der Waals surface area contributed by atoms with Crippen molar-refractivity contribution in [1.29, 1.82) is 0 Å². The third-order valence-corrected chi connectivity index (χ3v) is 5.99. The quantitative estimate of drug-likeness (QED) is 0.782. The zero-order valence-corrected chi connectivity index (χ0v) is 16.7. The number of benzene rings is 2. The van der Waals surface area contributed by atoms with Gasteiger partial charge >= 0.3 is 0 Å². The number of carbonyl (C=O) groups excluding carboxylic acids is 1. The number of sulfonamides is 1. The van der Waals surface area contributed by atoms with Crippen molar-refractivity contribution in [1.82, 2.24) is 0 Å². The lowest BCUT2D eigenvalue weighted by atomic mass is 10.00. The molecular formula is C21H26N2O3S. The molecule has 0 saturated heterocycles. The van der Waals surface area contributed by atoms with Crippen molar-refractivity contribution in [3.8, 4) is 0 Å². The number of nitrogens with one attached hydrogen (secondary N) is 1. The van der Waals surface area contributed by atoms with Gasteiger partial charge in [-0.05, 0) is 49.1 Å². The van der Waals surface area contributed by atoms with Crippen molar-refractivity contribution in [2.45, 2.75) is 45.3 Å². The van der Waals surface area contributed by atoms with E-state index in [1.54, 1.807) is 6.07 Å². The summed E-state index contributed by atoms with van der Waals surface area (Å²) < 4.78 is 27.7. The van der Waals surface area contributed by atoms with Crippen LogP contribution in [0.1, 0.15) is 42.9 Å². The lowest BCUT2D eigenvalue weighted by molar-refractivity contribution is -0.118. The lowest BCUT2D eigenvalue weighted by Gasteiger charge is -2.29. The van der Waals surface area contributed by atoms with E-state index >= 15 is 0 Å². The van der Waals surface area contributed by atoms with Gasteiger partial charge in [-0.1, -0.05) is 43.2 Å². The maximum Gasteiger partial charge on any atom is 0.236 e. The van der Waals surface area contributed by atoms with E-state index in [1.807, 2.05) is 48.2 Å². The van der Waals surface area contributed by atoms with Gasteiger partial charge in [0.05, 0.1) is 5.75 Å². The number of amides is 1. The normalized spacial score (nSPS) is 14.1. The predicted octanol–water partition coefficient (Wildman–Crippen LogP) is 4.02. The van der Waals surface area contributed by atoms with Crippen LogP contribution in [0.5, 0.6) is 0 Å². The predicted molar refractivity (Wildman–Crippen MR) is 109 cm³/mol. The third kappa shape index (κ3) is 4.89. The minimum atomic E-state index is -3.50. The number of unbranched alkanes of at least 4 members (excludes halogenated alkanes) is 1. The average Bonchev–Trinajstić information content (AvgIpc) is 2.60. The summed E-state index contributed by atoms with van der Waals surface area (Å²) in [6, 6.07) is 12.9. The van der Waals surface area contributed by atoms with Crippen molar-refractivity contribution >= 4 is 27.3 Å². The zero-order chi connectivity index (χ0) is 19.4. The fraction of sp³-hybridized carbons (Fsp3) is 0.381. The van der Waals surface area contributed by atoms with Crippen LogP contribution in [0.15, 0.2) is 42.5 Å². The Balaban J connectivity index is 1.77. The van der Waals surface area contributed by atoms with E-state index in [2.05, 4.69) is 11.6 Å². The van der Waals surface area contributed by atoms with Crippen molar-refractivity contribution in [3.05, 3.63) is 59.2 Å². The monoisotopic (exact) mass is 386 g/mol. The summed E-state index contributed by atoms with van der Waals surface area (Å²) in [5, 5.41) is 0. The van der Waals surface area contributed by atoms with Gasteiger partial charge in [0.25, 0.3) is 0 Å². The number of hydrogen-bond donors (Lipinski definition) is 1. The van der Waals surface area contributed by atoms with E-state index in [0.29, 0.717) is 25.1 Å². The molecule has 0 unspecified atom stereocenters. The molecule has 0 fully saturated rings. The topological polar surface area (TPSA) is 66.5 Å². The number of nitrogens with zero attached hydrogens (tertiary/aromatic N) is 1. The van der Waals surface area contributed by atoms with E-state index in [9.17, 15) is 13.2 Å². The van der Waals surface area contributed by atoms with E-state index in [-0.39, 0.29) is 11.7 Å². The highest BCUT2D eigenvalue weighted by Gasteiger charge is 2.24. The Kier molecular flexibility index (Phi) is 5.85. The number of fused-ring (bicyclic) bond motifs is 1. The lowest BCUT2D eigenvalue weighted by Crippen LogP contribution is -2.35. The number of anilines is 2. The molecule has 5 nitrogen and oxygen atoms in total. The summed E-state index contributed by atoms with van der Waals surface area (Å²) in [4.78, 5) is 14.0. The van der Waals surface area contributed by atoms with Crippen molar-refractivity contribution in [3.63, 3.8) is 0 Å². The van der Waals surface area contributed by atoms with Gasteiger partial charge in [0, 0.05) is 24.3 Å². The van der Waals surface area contributed by atoms with Crippen LogP contribution >= 0.6 is 0 Å². The molecule has 2 aromatic rings. The Hall–Kier alpha value is -2.34. The Morgan fingerprint density at radius 2 is 1.93 bits per heavy atom. The Morgan fingerprint density at radius 3 is 2.67 bits per heavy atom. The summed E-state index contributed by atoms with van der Waals surface area (Å²) in [7, 11) is -3.50. The van der Waals surface area contributed by atoms with Crippen LogP contribution in [0.4, 0.5) is 11.4 Å². The maximum atomic E-state index is 12.5. The number of carbonyl (C=O) groups is 1. The van der Waals surface area contributed by atoms with E-state index in [4.69, 9.17) is 0 Å². The van der Waals surface area contributed by atoms with Crippen molar-refractivity contribution in [2.24, 2.45) is 0 Å². The van der Waals surface area contributed by atoms with Crippen LogP contribution in [-0.2, 0) is 27.0 Å². The first-order valence-corrected chi connectivity index (χ1v) is 11.0.